The van der Waals surface area contributed by atoms with Crippen molar-refractivity contribution in [1.82, 2.24) is 20.2 Å². The average Bonchev–Trinajstić information content (AvgIpc) is 3.00. The number of thioether (sulfide) groups is 1. The van der Waals surface area contributed by atoms with Crippen LogP contribution < -0.4 is 0 Å². The van der Waals surface area contributed by atoms with E-state index in [9.17, 15) is 0 Å². The predicted octanol–water partition coefficient (Wildman–Crippen LogP) is 2.35. The Morgan fingerprint density at radius 3 is 2.88 bits per heavy atom. The van der Waals surface area contributed by atoms with Crippen molar-refractivity contribution in [3.8, 4) is 11.4 Å². The van der Waals surface area contributed by atoms with E-state index in [4.69, 9.17) is 0 Å². The molecule has 3 rings (SSSR count). The fraction of sp³-hybridized carbons (Fsp3) is 0.250. The zero-order valence-electron chi connectivity index (χ0n) is 9.50. The number of aryl methyl sites for hydroxylation is 1. The van der Waals surface area contributed by atoms with Crippen molar-refractivity contribution < 1.29 is 0 Å². The lowest BCUT2D eigenvalue weighted by Crippen LogP contribution is -1.92. The van der Waals surface area contributed by atoms with Gasteiger partial charge in [-0.3, -0.25) is 0 Å². The quantitative estimate of drug-likeness (QED) is 0.813. The highest BCUT2D eigenvalue weighted by molar-refractivity contribution is 8.08. The molecule has 1 aromatic heterocycles. The Hall–Kier alpha value is -1.62. The summed E-state index contributed by atoms with van der Waals surface area (Å²) in [4.78, 5) is 2.83. The van der Waals surface area contributed by atoms with Gasteiger partial charge in [-0.15, -0.1) is 22.0 Å². The molecule has 0 aliphatic carbocycles. The van der Waals surface area contributed by atoms with Gasteiger partial charge in [0, 0.05) is 16.2 Å². The molecular weight excluding hydrogens is 232 g/mol. The minimum Gasteiger partial charge on any atom is -0.167 e. The number of allylic oxidation sites excluding steroid dienone is 1. The molecule has 0 amide bonds. The van der Waals surface area contributed by atoms with Crippen LogP contribution in [0, 0.1) is 0 Å². The van der Waals surface area contributed by atoms with E-state index in [-0.39, 0.29) is 0 Å². The van der Waals surface area contributed by atoms with Crippen LogP contribution in [0.5, 0.6) is 0 Å². The number of hydrogen-bond donors (Lipinski definition) is 0. The third kappa shape index (κ3) is 2.10. The maximum absolute atomic E-state index is 4.22. The normalized spacial score (nSPS) is 15.0. The second-order valence-electron chi connectivity index (χ2n) is 3.89. The Morgan fingerprint density at radius 2 is 2.18 bits per heavy atom. The maximum Gasteiger partial charge on any atom is 0.204 e. The molecule has 0 fully saturated rings. The van der Waals surface area contributed by atoms with Crippen LogP contribution in [0.4, 0.5) is 0 Å². The van der Waals surface area contributed by atoms with Crippen molar-refractivity contribution in [1.29, 1.82) is 0 Å². The summed E-state index contributed by atoms with van der Waals surface area (Å²) >= 11 is 1.90. The number of rotatable bonds is 2. The molecule has 0 atom stereocenters. The molecule has 0 bridgehead atoms. The summed E-state index contributed by atoms with van der Waals surface area (Å²) in [7, 11) is 1.77. The van der Waals surface area contributed by atoms with Gasteiger partial charge in [-0.25, -0.2) is 0 Å². The Kier molecular flexibility index (Phi) is 2.68. The molecular formula is C12H12N4S. The van der Waals surface area contributed by atoms with Crippen molar-refractivity contribution >= 4 is 16.7 Å². The maximum atomic E-state index is 4.22. The number of nitrogens with zero attached hydrogens (tertiary/aromatic N) is 4. The fourth-order valence-electron chi connectivity index (χ4n) is 1.83. The van der Waals surface area contributed by atoms with Gasteiger partial charge in [0.05, 0.1) is 7.05 Å². The highest BCUT2D eigenvalue weighted by Gasteiger charge is 2.10. The van der Waals surface area contributed by atoms with Crippen molar-refractivity contribution in [2.24, 2.45) is 7.05 Å². The summed E-state index contributed by atoms with van der Waals surface area (Å²) in [6, 6.07) is 8.31. The smallest absolute Gasteiger partial charge is 0.167 e. The van der Waals surface area contributed by atoms with Crippen LogP contribution >= 0.6 is 11.8 Å². The van der Waals surface area contributed by atoms with Crippen molar-refractivity contribution in [2.75, 3.05) is 5.75 Å². The molecule has 1 aliphatic heterocycles. The van der Waals surface area contributed by atoms with E-state index in [0.717, 1.165) is 12.0 Å². The van der Waals surface area contributed by atoms with Gasteiger partial charge in [0.15, 0.2) is 0 Å². The Bertz CT molecular complexity index is 573. The Labute approximate surface area is 104 Å². The minimum atomic E-state index is 0.679. The van der Waals surface area contributed by atoms with Crippen LogP contribution in [-0.4, -0.2) is 26.0 Å². The lowest BCUT2D eigenvalue weighted by atomic mass is 10.1. The molecule has 0 spiro atoms. The van der Waals surface area contributed by atoms with Crippen molar-refractivity contribution in [3.05, 3.63) is 35.9 Å². The van der Waals surface area contributed by atoms with Crippen molar-refractivity contribution in [3.63, 3.8) is 0 Å². The van der Waals surface area contributed by atoms with Crippen LogP contribution in [-0.2, 0) is 7.05 Å². The van der Waals surface area contributed by atoms with Gasteiger partial charge in [-0.05, 0) is 23.3 Å². The number of hydrogen-bond acceptors (Lipinski definition) is 4. The third-order valence-corrected chi connectivity index (χ3v) is 3.77. The molecule has 2 aromatic rings. The fourth-order valence-corrected chi connectivity index (χ4v) is 2.82. The van der Waals surface area contributed by atoms with Gasteiger partial charge in [0.1, 0.15) is 0 Å². The largest absolute Gasteiger partial charge is 0.204 e. The highest BCUT2D eigenvalue weighted by Crippen LogP contribution is 2.34. The lowest BCUT2D eigenvalue weighted by molar-refractivity contribution is 0.630. The summed E-state index contributed by atoms with van der Waals surface area (Å²) < 4.78 is 0. The van der Waals surface area contributed by atoms with Gasteiger partial charge in [-0.1, -0.05) is 24.3 Å². The van der Waals surface area contributed by atoms with Crippen LogP contribution in [0.25, 0.3) is 16.3 Å². The van der Waals surface area contributed by atoms with Crippen LogP contribution in [0.1, 0.15) is 12.0 Å². The van der Waals surface area contributed by atoms with Gasteiger partial charge >= 0.3 is 0 Å². The Balaban J connectivity index is 1.99. The van der Waals surface area contributed by atoms with E-state index in [1.54, 1.807) is 7.05 Å². The molecule has 5 heteroatoms. The second-order valence-corrected chi connectivity index (χ2v) is 5.03. The highest BCUT2D eigenvalue weighted by atomic mass is 32.2. The molecule has 0 unspecified atom stereocenters. The van der Waals surface area contributed by atoms with Gasteiger partial charge in [0.2, 0.25) is 5.82 Å². The molecule has 0 saturated heterocycles. The first-order valence-corrected chi connectivity index (χ1v) is 6.49. The summed E-state index contributed by atoms with van der Waals surface area (Å²) in [6.07, 6.45) is 3.45. The second kappa shape index (κ2) is 4.33. The molecule has 17 heavy (non-hydrogen) atoms. The zero-order chi connectivity index (χ0) is 11.7. The number of benzene rings is 1. The molecule has 0 radical (unpaired) electrons. The molecule has 4 nitrogen and oxygen atoms in total. The van der Waals surface area contributed by atoms with E-state index in [0.29, 0.717) is 5.82 Å². The summed E-state index contributed by atoms with van der Waals surface area (Å²) in [5.74, 6) is 1.86. The summed E-state index contributed by atoms with van der Waals surface area (Å²) in [5, 5.41) is 12.1. The molecule has 1 aromatic carbocycles. The lowest BCUT2D eigenvalue weighted by Gasteiger charge is -2.02. The summed E-state index contributed by atoms with van der Waals surface area (Å²) in [5.41, 5.74) is 2.27. The first-order chi connectivity index (χ1) is 8.33. The van der Waals surface area contributed by atoms with Crippen molar-refractivity contribution in [2.45, 2.75) is 6.42 Å². The SMILES string of the molecule is Cn1nnc(-c2cccc(C3=CCCS3)c2)n1. The monoisotopic (exact) mass is 244 g/mol. The first-order valence-electron chi connectivity index (χ1n) is 5.51. The minimum absolute atomic E-state index is 0.679. The van der Waals surface area contributed by atoms with E-state index >= 15 is 0 Å². The van der Waals surface area contributed by atoms with Gasteiger partial charge in [0.25, 0.3) is 0 Å². The van der Waals surface area contributed by atoms with E-state index in [2.05, 4.69) is 33.6 Å². The van der Waals surface area contributed by atoms with E-state index < -0.39 is 0 Å². The molecule has 2 heterocycles. The summed E-state index contributed by atoms with van der Waals surface area (Å²) in [6.45, 7) is 0. The molecule has 86 valence electrons. The first kappa shape index (κ1) is 10.5. The van der Waals surface area contributed by atoms with E-state index in [1.807, 2.05) is 23.9 Å². The third-order valence-electron chi connectivity index (χ3n) is 2.62. The number of tetrazole rings is 1. The molecule has 0 N–H and O–H groups in total. The standard InChI is InChI=1S/C12H12N4S/c1-16-14-12(13-15-16)10-5-2-4-9(8-10)11-6-3-7-17-11/h2,4-6,8H,3,7H2,1H3. The van der Waals surface area contributed by atoms with E-state index in [1.165, 1.54) is 21.0 Å². The molecule has 0 saturated carbocycles. The van der Waals surface area contributed by atoms with Crippen LogP contribution in [0.2, 0.25) is 0 Å². The topological polar surface area (TPSA) is 43.6 Å². The Morgan fingerprint density at radius 1 is 1.29 bits per heavy atom. The molecule has 1 aliphatic rings. The van der Waals surface area contributed by atoms with Gasteiger partial charge in [-0.2, -0.15) is 4.80 Å². The number of aromatic nitrogens is 4. The average molecular weight is 244 g/mol. The predicted molar refractivity (Wildman–Crippen MR) is 69.3 cm³/mol. The zero-order valence-corrected chi connectivity index (χ0v) is 10.3. The van der Waals surface area contributed by atoms with Crippen LogP contribution in [0.3, 0.4) is 0 Å². The van der Waals surface area contributed by atoms with Gasteiger partial charge < -0.3 is 0 Å². The van der Waals surface area contributed by atoms with Crippen LogP contribution in [0.15, 0.2) is 30.3 Å².